The highest BCUT2D eigenvalue weighted by atomic mass is 32.2. The molecule has 0 spiro atoms. The zero-order chi connectivity index (χ0) is 14.0. The number of benzene rings is 1. The molecule has 0 aromatic heterocycles. The van der Waals surface area contributed by atoms with Gasteiger partial charge in [0.15, 0.2) is 10.1 Å². The van der Waals surface area contributed by atoms with Crippen LogP contribution in [-0.4, -0.2) is 24.2 Å². The summed E-state index contributed by atoms with van der Waals surface area (Å²) in [4.78, 5) is 10.9. The highest BCUT2D eigenvalue weighted by molar-refractivity contribution is 7.87. The molecule has 0 unspecified atom stereocenters. The standard InChI is InChI=1S/C10H8F2O5S/c1-2-7-3-5-8(6-4-7)17-9(13)10(11,12)18(14,15)16/h2-6H,1H2,(H,14,15,16)/p-1. The van der Waals surface area contributed by atoms with Crippen LogP contribution in [0.2, 0.25) is 0 Å². The second-order valence-corrected chi connectivity index (χ2v) is 4.55. The van der Waals surface area contributed by atoms with Crippen molar-refractivity contribution in [2.24, 2.45) is 0 Å². The van der Waals surface area contributed by atoms with Crippen LogP contribution >= 0.6 is 0 Å². The molecule has 0 atom stereocenters. The molecular formula is C10H7F2O5S-. The van der Waals surface area contributed by atoms with Gasteiger partial charge in [-0.2, -0.15) is 8.78 Å². The normalized spacial score (nSPS) is 11.9. The highest BCUT2D eigenvalue weighted by Gasteiger charge is 2.48. The number of hydrogen-bond donors (Lipinski definition) is 0. The van der Waals surface area contributed by atoms with Gasteiger partial charge >= 0.3 is 11.2 Å². The molecule has 18 heavy (non-hydrogen) atoms. The largest absolute Gasteiger partial charge is 0.743 e. The molecule has 0 amide bonds. The zero-order valence-corrected chi connectivity index (χ0v) is 9.62. The van der Waals surface area contributed by atoms with Crippen molar-refractivity contribution in [1.82, 2.24) is 0 Å². The summed E-state index contributed by atoms with van der Waals surface area (Å²) in [5, 5.41) is -5.12. The van der Waals surface area contributed by atoms with Gasteiger partial charge in [0.05, 0.1) is 0 Å². The number of hydrogen-bond acceptors (Lipinski definition) is 5. The maximum Gasteiger partial charge on any atom is 0.429 e. The van der Waals surface area contributed by atoms with E-state index in [-0.39, 0.29) is 5.75 Å². The number of carbonyl (C=O) groups is 1. The van der Waals surface area contributed by atoms with E-state index in [9.17, 15) is 26.5 Å². The molecule has 0 aliphatic heterocycles. The van der Waals surface area contributed by atoms with Crippen LogP contribution in [0.25, 0.3) is 6.08 Å². The Bertz CT molecular complexity index is 562. The Hall–Kier alpha value is -1.80. The van der Waals surface area contributed by atoms with Crippen LogP contribution in [0.15, 0.2) is 30.8 Å². The maximum absolute atomic E-state index is 12.8. The molecule has 1 aromatic carbocycles. The van der Waals surface area contributed by atoms with Crippen molar-refractivity contribution in [3.05, 3.63) is 36.4 Å². The molecule has 1 aromatic rings. The van der Waals surface area contributed by atoms with Crippen LogP contribution in [0.3, 0.4) is 0 Å². The smallest absolute Gasteiger partial charge is 0.429 e. The van der Waals surface area contributed by atoms with E-state index in [0.717, 1.165) is 12.1 Å². The maximum atomic E-state index is 12.8. The second-order valence-electron chi connectivity index (χ2n) is 3.13. The fraction of sp³-hybridized carbons (Fsp3) is 0.100. The minimum atomic E-state index is -6.11. The number of rotatable bonds is 4. The fourth-order valence-corrected chi connectivity index (χ4v) is 1.19. The van der Waals surface area contributed by atoms with Crippen molar-refractivity contribution in [3.8, 4) is 5.75 Å². The quantitative estimate of drug-likeness (QED) is 0.471. The predicted octanol–water partition coefficient (Wildman–Crippen LogP) is 1.37. The molecular weight excluding hydrogens is 270 g/mol. The lowest BCUT2D eigenvalue weighted by Gasteiger charge is -2.17. The predicted molar refractivity (Wildman–Crippen MR) is 56.8 cm³/mol. The molecule has 0 heterocycles. The van der Waals surface area contributed by atoms with Crippen molar-refractivity contribution in [3.63, 3.8) is 0 Å². The topological polar surface area (TPSA) is 83.5 Å². The fourth-order valence-electron chi connectivity index (χ4n) is 0.940. The summed E-state index contributed by atoms with van der Waals surface area (Å²) in [6.45, 7) is 3.44. The number of halogens is 2. The first-order valence-corrected chi connectivity index (χ1v) is 5.87. The van der Waals surface area contributed by atoms with Gasteiger partial charge in [0.1, 0.15) is 5.75 Å². The van der Waals surface area contributed by atoms with Gasteiger partial charge in [-0.3, -0.25) is 0 Å². The minimum absolute atomic E-state index is 0.311. The monoisotopic (exact) mass is 277 g/mol. The van der Waals surface area contributed by atoms with E-state index in [0.29, 0.717) is 5.56 Å². The molecule has 0 saturated carbocycles. The lowest BCUT2D eigenvalue weighted by atomic mass is 10.2. The molecule has 98 valence electrons. The third-order valence-electron chi connectivity index (χ3n) is 1.88. The summed E-state index contributed by atoms with van der Waals surface area (Å²) in [5.41, 5.74) is 0.637. The molecule has 0 radical (unpaired) electrons. The first-order valence-electron chi connectivity index (χ1n) is 4.46. The van der Waals surface area contributed by atoms with Gasteiger partial charge in [-0.15, -0.1) is 0 Å². The molecule has 0 N–H and O–H groups in total. The van der Waals surface area contributed by atoms with Crippen LogP contribution in [0.1, 0.15) is 5.56 Å². The van der Waals surface area contributed by atoms with Crippen molar-refractivity contribution < 1.29 is 31.3 Å². The van der Waals surface area contributed by atoms with Gasteiger partial charge in [0.25, 0.3) is 0 Å². The van der Waals surface area contributed by atoms with Gasteiger partial charge in [0, 0.05) is 0 Å². The first kappa shape index (κ1) is 14.3. The van der Waals surface area contributed by atoms with E-state index in [4.69, 9.17) is 0 Å². The Balaban J connectivity index is 2.91. The molecule has 0 aliphatic carbocycles. The lowest BCUT2D eigenvalue weighted by Crippen LogP contribution is -2.40. The van der Waals surface area contributed by atoms with Crippen LogP contribution in [0.5, 0.6) is 5.75 Å². The average Bonchev–Trinajstić information content (AvgIpc) is 2.28. The molecule has 0 bridgehead atoms. The summed E-state index contributed by atoms with van der Waals surface area (Å²) < 4.78 is 60.1. The Morgan fingerprint density at radius 3 is 2.22 bits per heavy atom. The summed E-state index contributed by atoms with van der Waals surface area (Å²) >= 11 is 0. The van der Waals surface area contributed by atoms with E-state index in [1.165, 1.54) is 18.2 Å². The van der Waals surface area contributed by atoms with E-state index in [1.54, 1.807) is 0 Å². The van der Waals surface area contributed by atoms with Gasteiger partial charge in [-0.1, -0.05) is 24.8 Å². The van der Waals surface area contributed by atoms with Crippen LogP contribution < -0.4 is 4.74 Å². The van der Waals surface area contributed by atoms with E-state index < -0.39 is 21.3 Å². The number of carbonyl (C=O) groups excluding carboxylic acids is 1. The van der Waals surface area contributed by atoms with E-state index >= 15 is 0 Å². The molecule has 0 aliphatic rings. The Kier molecular flexibility index (Phi) is 3.82. The molecule has 1 rings (SSSR count). The number of ether oxygens (including phenoxy) is 1. The minimum Gasteiger partial charge on any atom is -0.743 e. The summed E-state index contributed by atoms with van der Waals surface area (Å²) in [5.74, 6) is -2.75. The third kappa shape index (κ3) is 2.90. The molecule has 0 fully saturated rings. The molecule has 0 saturated heterocycles. The highest BCUT2D eigenvalue weighted by Crippen LogP contribution is 2.24. The first-order chi connectivity index (χ1) is 8.18. The van der Waals surface area contributed by atoms with Crippen LogP contribution in [-0.2, 0) is 14.9 Å². The third-order valence-corrected chi connectivity index (χ3v) is 2.67. The van der Waals surface area contributed by atoms with Crippen molar-refractivity contribution in [2.45, 2.75) is 5.25 Å². The number of esters is 1. The van der Waals surface area contributed by atoms with Crippen LogP contribution in [0, 0.1) is 0 Å². The summed E-state index contributed by atoms with van der Waals surface area (Å²) in [6.07, 6.45) is 1.46. The Morgan fingerprint density at radius 2 is 1.83 bits per heavy atom. The Morgan fingerprint density at radius 1 is 1.33 bits per heavy atom. The van der Waals surface area contributed by atoms with Gasteiger partial charge in [-0.05, 0) is 17.7 Å². The van der Waals surface area contributed by atoms with E-state index in [1.807, 2.05) is 0 Å². The Labute approximate surface area is 101 Å². The average molecular weight is 277 g/mol. The molecule has 5 nitrogen and oxygen atoms in total. The van der Waals surface area contributed by atoms with Gasteiger partial charge < -0.3 is 9.29 Å². The summed E-state index contributed by atoms with van der Waals surface area (Å²) in [6, 6.07) is 5.11. The van der Waals surface area contributed by atoms with Gasteiger partial charge in [0.2, 0.25) is 0 Å². The zero-order valence-electron chi connectivity index (χ0n) is 8.80. The van der Waals surface area contributed by atoms with Crippen LogP contribution in [0.4, 0.5) is 8.78 Å². The van der Waals surface area contributed by atoms with Crippen molar-refractivity contribution >= 4 is 22.2 Å². The number of alkyl halides is 2. The second kappa shape index (κ2) is 4.83. The van der Waals surface area contributed by atoms with Crippen molar-refractivity contribution in [1.29, 1.82) is 0 Å². The SMILES string of the molecule is C=Cc1ccc(OC(=O)C(F)(F)S(=O)(=O)[O-])cc1. The molecule has 8 heteroatoms. The van der Waals surface area contributed by atoms with Gasteiger partial charge in [-0.25, -0.2) is 13.2 Å². The van der Waals surface area contributed by atoms with E-state index in [2.05, 4.69) is 11.3 Å². The lowest BCUT2D eigenvalue weighted by molar-refractivity contribution is -0.151. The van der Waals surface area contributed by atoms with Crippen molar-refractivity contribution in [2.75, 3.05) is 0 Å². The summed E-state index contributed by atoms with van der Waals surface area (Å²) in [7, 11) is -6.11.